The number of nitrogens with one attached hydrogen (secondary N) is 1. The van der Waals surface area contributed by atoms with Crippen molar-refractivity contribution < 1.29 is 4.79 Å². The fraction of sp³-hybridized carbons (Fsp3) is 0.941. The third-order valence-corrected chi connectivity index (χ3v) is 4.93. The van der Waals surface area contributed by atoms with Crippen LogP contribution in [0.5, 0.6) is 0 Å². The zero-order valence-corrected chi connectivity index (χ0v) is 14.3. The molecule has 0 aromatic heterocycles. The molecule has 1 amide bonds. The van der Waals surface area contributed by atoms with Crippen molar-refractivity contribution in [3.63, 3.8) is 0 Å². The van der Waals surface area contributed by atoms with Gasteiger partial charge in [0.25, 0.3) is 0 Å². The van der Waals surface area contributed by atoms with Gasteiger partial charge in [0.15, 0.2) is 0 Å². The van der Waals surface area contributed by atoms with Crippen LogP contribution in [0.4, 0.5) is 0 Å². The number of unbranched alkanes of at least 4 members (excludes halogenated alkanes) is 1. The predicted molar refractivity (Wildman–Crippen MR) is 91.0 cm³/mol. The molecule has 124 valence electrons. The molecule has 1 heterocycles. The number of halogens is 1. The summed E-state index contributed by atoms with van der Waals surface area (Å²) in [5.41, 5.74) is 0. The third-order valence-electron chi connectivity index (χ3n) is 4.93. The first-order chi connectivity index (χ1) is 9.84. The first-order valence-corrected chi connectivity index (χ1v) is 8.83. The minimum atomic E-state index is 0. The molecule has 2 aliphatic rings. The Morgan fingerprint density at radius 1 is 1.00 bits per heavy atom. The van der Waals surface area contributed by atoms with Crippen molar-refractivity contribution in [2.75, 3.05) is 26.2 Å². The van der Waals surface area contributed by atoms with E-state index in [1.807, 2.05) is 0 Å². The maximum absolute atomic E-state index is 11.8. The molecule has 1 saturated heterocycles. The van der Waals surface area contributed by atoms with Crippen LogP contribution >= 0.6 is 12.4 Å². The fourth-order valence-electron chi connectivity index (χ4n) is 3.59. The molecule has 1 saturated carbocycles. The first kappa shape index (κ1) is 18.8. The lowest BCUT2D eigenvalue weighted by atomic mass is 9.86. The first-order valence-electron chi connectivity index (χ1n) is 8.83. The molecule has 4 heteroatoms. The molecule has 0 aromatic carbocycles. The van der Waals surface area contributed by atoms with E-state index in [1.165, 1.54) is 71.0 Å². The van der Waals surface area contributed by atoms with Gasteiger partial charge in [0.2, 0.25) is 5.91 Å². The maximum atomic E-state index is 11.8. The Kier molecular flexibility index (Phi) is 10.1. The van der Waals surface area contributed by atoms with Gasteiger partial charge in [-0.05, 0) is 57.7 Å². The second-order valence-corrected chi connectivity index (χ2v) is 6.65. The summed E-state index contributed by atoms with van der Waals surface area (Å²) in [4.78, 5) is 14.3. The highest BCUT2D eigenvalue weighted by atomic mass is 35.5. The molecule has 0 aromatic rings. The van der Waals surface area contributed by atoms with Gasteiger partial charge < -0.3 is 10.2 Å². The van der Waals surface area contributed by atoms with Crippen molar-refractivity contribution in [2.24, 2.45) is 5.92 Å². The minimum Gasteiger partial charge on any atom is -0.356 e. The molecule has 0 atom stereocenters. The second-order valence-electron chi connectivity index (χ2n) is 6.65. The van der Waals surface area contributed by atoms with E-state index < -0.39 is 0 Å². The van der Waals surface area contributed by atoms with E-state index in [4.69, 9.17) is 0 Å². The smallest absolute Gasteiger partial charge is 0.220 e. The van der Waals surface area contributed by atoms with Crippen molar-refractivity contribution in [1.82, 2.24) is 10.2 Å². The summed E-state index contributed by atoms with van der Waals surface area (Å²) >= 11 is 0. The van der Waals surface area contributed by atoms with E-state index in [9.17, 15) is 4.79 Å². The lowest BCUT2D eigenvalue weighted by Crippen LogP contribution is -2.26. The Labute approximate surface area is 136 Å². The topological polar surface area (TPSA) is 32.3 Å². The normalized spacial score (nSPS) is 20.2. The molecular weight excluding hydrogens is 284 g/mol. The molecule has 0 unspecified atom stereocenters. The van der Waals surface area contributed by atoms with Crippen molar-refractivity contribution in [3.8, 4) is 0 Å². The van der Waals surface area contributed by atoms with E-state index in [-0.39, 0.29) is 18.3 Å². The Morgan fingerprint density at radius 3 is 2.43 bits per heavy atom. The van der Waals surface area contributed by atoms with Gasteiger partial charge in [0.05, 0.1) is 0 Å². The summed E-state index contributed by atoms with van der Waals surface area (Å²) < 4.78 is 0. The van der Waals surface area contributed by atoms with Crippen molar-refractivity contribution in [2.45, 2.75) is 70.6 Å². The highest BCUT2D eigenvalue weighted by Crippen LogP contribution is 2.27. The molecule has 1 aliphatic carbocycles. The van der Waals surface area contributed by atoms with Gasteiger partial charge in [-0.25, -0.2) is 0 Å². The highest BCUT2D eigenvalue weighted by Gasteiger charge is 2.14. The van der Waals surface area contributed by atoms with Gasteiger partial charge in [0.1, 0.15) is 0 Å². The monoisotopic (exact) mass is 316 g/mol. The van der Waals surface area contributed by atoms with E-state index in [2.05, 4.69) is 10.2 Å². The molecule has 0 bridgehead atoms. The number of hydrogen-bond acceptors (Lipinski definition) is 2. The average molecular weight is 317 g/mol. The number of carbonyl (C=O) groups excluding carboxylic acids is 1. The lowest BCUT2D eigenvalue weighted by Gasteiger charge is -2.21. The van der Waals surface area contributed by atoms with E-state index in [0.717, 1.165) is 31.7 Å². The number of amides is 1. The van der Waals surface area contributed by atoms with E-state index >= 15 is 0 Å². The summed E-state index contributed by atoms with van der Waals surface area (Å²) in [6, 6.07) is 0. The standard InChI is InChI=1S/C17H32N2O.ClH/c20-17(11-10-16-8-2-1-3-9-16)18-12-4-5-13-19-14-6-7-15-19;/h16H,1-15H2,(H,18,20);1H. The third kappa shape index (κ3) is 8.06. The highest BCUT2D eigenvalue weighted by molar-refractivity contribution is 5.85. The summed E-state index contributed by atoms with van der Waals surface area (Å²) in [7, 11) is 0. The fourth-order valence-corrected chi connectivity index (χ4v) is 3.59. The summed E-state index contributed by atoms with van der Waals surface area (Å²) in [5, 5.41) is 3.09. The molecule has 3 nitrogen and oxygen atoms in total. The molecule has 21 heavy (non-hydrogen) atoms. The van der Waals surface area contributed by atoms with Crippen LogP contribution in [0.3, 0.4) is 0 Å². The van der Waals surface area contributed by atoms with Crippen LogP contribution in [0.25, 0.3) is 0 Å². The van der Waals surface area contributed by atoms with Crippen LogP contribution in [-0.2, 0) is 4.79 Å². The predicted octanol–water partition coefficient (Wildman–Crippen LogP) is 3.76. The SMILES string of the molecule is Cl.O=C(CCC1CCCCC1)NCCCCN1CCCC1. The Morgan fingerprint density at radius 2 is 1.71 bits per heavy atom. The largest absolute Gasteiger partial charge is 0.356 e. The van der Waals surface area contributed by atoms with Gasteiger partial charge in [-0.2, -0.15) is 0 Å². The van der Waals surface area contributed by atoms with E-state index in [1.54, 1.807) is 0 Å². The van der Waals surface area contributed by atoms with Gasteiger partial charge in [0, 0.05) is 13.0 Å². The lowest BCUT2D eigenvalue weighted by molar-refractivity contribution is -0.121. The molecule has 2 fully saturated rings. The van der Waals surface area contributed by atoms with Gasteiger partial charge in [-0.1, -0.05) is 32.1 Å². The van der Waals surface area contributed by atoms with Gasteiger partial charge in [-0.3, -0.25) is 4.79 Å². The number of likely N-dealkylation sites (tertiary alicyclic amines) is 1. The van der Waals surface area contributed by atoms with Gasteiger partial charge in [-0.15, -0.1) is 12.4 Å². The number of rotatable bonds is 8. The Hall–Kier alpha value is -0.280. The average Bonchev–Trinajstić information content (AvgIpc) is 2.99. The van der Waals surface area contributed by atoms with Crippen LogP contribution < -0.4 is 5.32 Å². The van der Waals surface area contributed by atoms with E-state index in [0.29, 0.717) is 0 Å². The number of nitrogens with zero attached hydrogens (tertiary/aromatic N) is 1. The Bertz CT molecular complexity index is 274. The van der Waals surface area contributed by atoms with Crippen molar-refractivity contribution >= 4 is 18.3 Å². The number of carbonyl (C=O) groups is 1. The molecule has 0 radical (unpaired) electrons. The van der Waals surface area contributed by atoms with Crippen LogP contribution in [0.1, 0.15) is 70.6 Å². The molecule has 0 spiro atoms. The zero-order valence-electron chi connectivity index (χ0n) is 13.4. The summed E-state index contributed by atoms with van der Waals surface area (Å²) in [6.45, 7) is 4.66. The van der Waals surface area contributed by atoms with Crippen LogP contribution in [0, 0.1) is 5.92 Å². The van der Waals surface area contributed by atoms with Gasteiger partial charge >= 0.3 is 0 Å². The Balaban J connectivity index is 0.00000220. The van der Waals surface area contributed by atoms with Crippen LogP contribution in [0.2, 0.25) is 0 Å². The zero-order chi connectivity index (χ0) is 14.0. The summed E-state index contributed by atoms with van der Waals surface area (Å²) in [5.74, 6) is 1.10. The maximum Gasteiger partial charge on any atom is 0.220 e. The van der Waals surface area contributed by atoms with Crippen LogP contribution in [0.15, 0.2) is 0 Å². The second kappa shape index (κ2) is 11.3. The molecule has 1 aliphatic heterocycles. The van der Waals surface area contributed by atoms with Crippen molar-refractivity contribution in [3.05, 3.63) is 0 Å². The molecule has 2 rings (SSSR count). The molecule has 1 N–H and O–H groups in total. The quantitative estimate of drug-likeness (QED) is 0.691. The summed E-state index contributed by atoms with van der Waals surface area (Å²) in [6.07, 6.45) is 13.8. The number of hydrogen-bond donors (Lipinski definition) is 1. The van der Waals surface area contributed by atoms with Crippen molar-refractivity contribution in [1.29, 1.82) is 0 Å². The molecular formula is C17H33ClN2O. The van der Waals surface area contributed by atoms with Crippen LogP contribution in [-0.4, -0.2) is 37.0 Å². The minimum absolute atomic E-state index is 0.